The number of nitrogens with one attached hydrogen (secondary N) is 1. The average Bonchev–Trinajstić information content (AvgIpc) is 2.74. The van der Waals surface area contributed by atoms with E-state index in [-0.39, 0.29) is 19.2 Å². The Morgan fingerprint density at radius 1 is 1.17 bits per heavy atom. The molecule has 0 spiro atoms. The van der Waals surface area contributed by atoms with Gasteiger partial charge in [0.25, 0.3) is 5.91 Å². The molecule has 1 amide bonds. The van der Waals surface area contributed by atoms with Crippen LogP contribution in [0, 0.1) is 0 Å². The van der Waals surface area contributed by atoms with Crippen molar-refractivity contribution in [3.63, 3.8) is 0 Å². The molecule has 2 aromatic carbocycles. The average molecular weight is 325 g/mol. The van der Waals surface area contributed by atoms with Gasteiger partial charge in [0.1, 0.15) is 13.3 Å². The fourth-order valence-corrected chi connectivity index (χ4v) is 2.71. The molecule has 124 valence electrons. The van der Waals surface area contributed by atoms with E-state index in [0.717, 1.165) is 28.2 Å². The maximum Gasteiger partial charge on any atom is 0.250 e. The number of nitrogens with zero attached hydrogens (tertiary/aromatic N) is 2. The number of anilines is 2. The number of amides is 1. The van der Waals surface area contributed by atoms with Crippen molar-refractivity contribution in [1.29, 1.82) is 0 Å². The van der Waals surface area contributed by atoms with E-state index >= 15 is 0 Å². The van der Waals surface area contributed by atoms with Crippen LogP contribution < -0.4 is 10.4 Å². The molecule has 1 aliphatic heterocycles. The van der Waals surface area contributed by atoms with Crippen LogP contribution in [-0.4, -0.2) is 39.1 Å². The summed E-state index contributed by atoms with van der Waals surface area (Å²) in [5.41, 5.74) is 6.96. The highest BCUT2D eigenvalue weighted by atomic mass is 16.6. The van der Waals surface area contributed by atoms with Gasteiger partial charge in [-0.3, -0.25) is 25.0 Å². The molecule has 0 saturated carbocycles. The molecular weight excluding hydrogens is 306 g/mol. The summed E-state index contributed by atoms with van der Waals surface area (Å²) in [4.78, 5) is 23.6. The molecule has 0 aliphatic carbocycles. The quantitative estimate of drug-likeness (QED) is 0.858. The molecule has 1 N–H and O–H groups in total. The summed E-state index contributed by atoms with van der Waals surface area (Å²) in [5, 5.41) is 0. The van der Waals surface area contributed by atoms with Crippen molar-refractivity contribution in [3.05, 3.63) is 59.7 Å². The SMILES string of the molecule is COCN1C(=O)CN=C(c2ccccc2)c2cc(NOC)ccc21. The van der Waals surface area contributed by atoms with Crippen LogP contribution in [0.15, 0.2) is 53.5 Å². The van der Waals surface area contributed by atoms with E-state index in [9.17, 15) is 4.79 Å². The predicted octanol–water partition coefficient (Wildman–Crippen LogP) is 2.45. The van der Waals surface area contributed by atoms with E-state index in [4.69, 9.17) is 9.57 Å². The summed E-state index contributed by atoms with van der Waals surface area (Å²) in [5.74, 6) is -0.100. The largest absolute Gasteiger partial charge is 0.364 e. The minimum absolute atomic E-state index is 0.0787. The van der Waals surface area contributed by atoms with Crippen molar-refractivity contribution in [3.8, 4) is 0 Å². The van der Waals surface area contributed by atoms with E-state index in [2.05, 4.69) is 10.5 Å². The first-order valence-corrected chi connectivity index (χ1v) is 7.57. The first-order valence-electron chi connectivity index (χ1n) is 7.57. The van der Waals surface area contributed by atoms with Crippen LogP contribution >= 0.6 is 0 Å². The molecule has 0 saturated heterocycles. The second kappa shape index (κ2) is 7.25. The monoisotopic (exact) mass is 325 g/mol. The second-order valence-electron chi connectivity index (χ2n) is 5.31. The summed E-state index contributed by atoms with van der Waals surface area (Å²) < 4.78 is 5.20. The van der Waals surface area contributed by atoms with E-state index in [1.165, 1.54) is 0 Å². The Bertz CT molecular complexity index is 759. The van der Waals surface area contributed by atoms with Crippen molar-refractivity contribution in [2.75, 3.05) is 37.9 Å². The predicted molar refractivity (Wildman–Crippen MR) is 93.4 cm³/mol. The summed E-state index contributed by atoms with van der Waals surface area (Å²) >= 11 is 0. The van der Waals surface area contributed by atoms with E-state index in [0.29, 0.717) is 0 Å². The van der Waals surface area contributed by atoms with E-state index < -0.39 is 0 Å². The Balaban J connectivity index is 2.16. The van der Waals surface area contributed by atoms with E-state index in [1.807, 2.05) is 48.5 Å². The van der Waals surface area contributed by atoms with Gasteiger partial charge in [0.2, 0.25) is 0 Å². The second-order valence-corrected chi connectivity index (χ2v) is 5.31. The molecule has 1 heterocycles. The standard InChI is InChI=1S/C18H19N3O3/c1-23-12-21-16-9-8-14(20-24-2)10-15(16)18(19-11-17(21)22)13-6-4-3-5-7-13/h3-10,20H,11-12H2,1-2H3. The molecule has 0 bridgehead atoms. The molecule has 1 aliphatic rings. The van der Waals surface area contributed by atoms with Crippen LogP contribution in [0.4, 0.5) is 11.4 Å². The molecule has 2 aromatic rings. The van der Waals surface area contributed by atoms with E-state index in [1.54, 1.807) is 19.1 Å². The van der Waals surface area contributed by atoms with Gasteiger partial charge in [-0.05, 0) is 18.2 Å². The minimum Gasteiger partial charge on any atom is -0.364 e. The normalized spacial score (nSPS) is 14.0. The Hall–Kier alpha value is -2.70. The Morgan fingerprint density at radius 2 is 1.96 bits per heavy atom. The van der Waals surface area contributed by atoms with Gasteiger partial charge < -0.3 is 4.74 Å². The lowest BCUT2D eigenvalue weighted by Gasteiger charge is -2.22. The molecule has 6 nitrogen and oxygen atoms in total. The Labute approximate surface area is 140 Å². The van der Waals surface area contributed by atoms with Crippen LogP contribution in [0.2, 0.25) is 0 Å². The number of methoxy groups -OCH3 is 1. The van der Waals surface area contributed by atoms with Crippen molar-refractivity contribution in [2.45, 2.75) is 0 Å². The molecule has 24 heavy (non-hydrogen) atoms. The lowest BCUT2D eigenvalue weighted by atomic mass is 9.99. The number of rotatable bonds is 5. The van der Waals surface area contributed by atoms with Crippen LogP contribution in [0.3, 0.4) is 0 Å². The number of carbonyl (C=O) groups is 1. The third kappa shape index (κ3) is 3.15. The molecule has 0 fully saturated rings. The third-order valence-corrected chi connectivity index (χ3v) is 3.74. The highest BCUT2D eigenvalue weighted by Gasteiger charge is 2.25. The first-order chi connectivity index (χ1) is 11.7. The van der Waals surface area contributed by atoms with Gasteiger partial charge in [-0.25, -0.2) is 0 Å². The van der Waals surface area contributed by atoms with Gasteiger partial charge in [-0.2, -0.15) is 0 Å². The lowest BCUT2D eigenvalue weighted by Crippen LogP contribution is -2.34. The molecule has 0 unspecified atom stereocenters. The molecular formula is C18H19N3O3. The number of aliphatic imine (C=N–C) groups is 1. The molecule has 6 heteroatoms. The minimum atomic E-state index is -0.100. The van der Waals surface area contributed by atoms with Crippen molar-refractivity contribution in [1.82, 2.24) is 0 Å². The van der Waals surface area contributed by atoms with Gasteiger partial charge >= 0.3 is 0 Å². The van der Waals surface area contributed by atoms with Gasteiger partial charge in [0.15, 0.2) is 0 Å². The zero-order chi connectivity index (χ0) is 16.9. The van der Waals surface area contributed by atoms with Crippen LogP contribution in [0.1, 0.15) is 11.1 Å². The van der Waals surface area contributed by atoms with Crippen LogP contribution in [0.5, 0.6) is 0 Å². The van der Waals surface area contributed by atoms with Crippen LogP contribution in [-0.2, 0) is 14.4 Å². The molecule has 0 atom stereocenters. The zero-order valence-electron chi connectivity index (χ0n) is 13.7. The third-order valence-electron chi connectivity index (χ3n) is 3.74. The number of hydrogen-bond acceptors (Lipinski definition) is 5. The maximum atomic E-state index is 12.5. The number of fused-ring (bicyclic) bond motifs is 1. The number of benzene rings is 2. The summed E-state index contributed by atoms with van der Waals surface area (Å²) in [6.07, 6.45) is 0. The van der Waals surface area contributed by atoms with Crippen molar-refractivity contribution >= 4 is 23.0 Å². The Kier molecular flexibility index (Phi) is 4.88. The number of carbonyl (C=O) groups excluding carboxylic acids is 1. The first kappa shape index (κ1) is 16.2. The molecule has 3 rings (SSSR count). The number of ether oxygens (including phenoxy) is 1. The van der Waals surface area contributed by atoms with Gasteiger partial charge in [0.05, 0.1) is 24.2 Å². The summed E-state index contributed by atoms with van der Waals surface area (Å²) in [6, 6.07) is 15.5. The van der Waals surface area contributed by atoms with Gasteiger partial charge in [0, 0.05) is 18.2 Å². The van der Waals surface area contributed by atoms with Crippen LogP contribution in [0.25, 0.3) is 0 Å². The van der Waals surface area contributed by atoms with Gasteiger partial charge in [-0.1, -0.05) is 30.3 Å². The number of hydrogen-bond donors (Lipinski definition) is 1. The molecule has 0 radical (unpaired) electrons. The lowest BCUT2D eigenvalue weighted by molar-refractivity contribution is -0.118. The number of benzodiazepines with no additional fused rings is 1. The fourth-order valence-electron chi connectivity index (χ4n) is 2.71. The smallest absolute Gasteiger partial charge is 0.250 e. The highest BCUT2D eigenvalue weighted by Crippen LogP contribution is 2.29. The van der Waals surface area contributed by atoms with Crippen molar-refractivity contribution < 1.29 is 14.4 Å². The topological polar surface area (TPSA) is 63.2 Å². The Morgan fingerprint density at radius 3 is 2.67 bits per heavy atom. The summed E-state index contributed by atoms with van der Waals surface area (Å²) in [7, 11) is 3.12. The zero-order valence-corrected chi connectivity index (χ0v) is 13.7. The highest BCUT2D eigenvalue weighted by molar-refractivity contribution is 6.19. The summed E-state index contributed by atoms with van der Waals surface area (Å²) in [6.45, 7) is 0.260. The fraction of sp³-hybridized carbons (Fsp3) is 0.222. The van der Waals surface area contributed by atoms with Gasteiger partial charge in [-0.15, -0.1) is 0 Å². The maximum absolute atomic E-state index is 12.5. The molecule has 0 aromatic heterocycles. The van der Waals surface area contributed by atoms with Crippen molar-refractivity contribution in [2.24, 2.45) is 4.99 Å².